The van der Waals surface area contributed by atoms with Crippen molar-refractivity contribution in [1.82, 2.24) is 29.8 Å². The van der Waals surface area contributed by atoms with Gasteiger partial charge < -0.3 is 15.6 Å². The molecule has 0 aliphatic rings. The number of anilines is 1. The van der Waals surface area contributed by atoms with Crippen LogP contribution in [-0.2, 0) is 24.3 Å². The third-order valence-corrected chi connectivity index (χ3v) is 4.93. The van der Waals surface area contributed by atoms with Crippen molar-refractivity contribution in [3.8, 4) is 0 Å². The van der Waals surface area contributed by atoms with E-state index in [-0.39, 0.29) is 30.4 Å². The van der Waals surface area contributed by atoms with Gasteiger partial charge in [-0.25, -0.2) is 9.97 Å². The molecule has 31 heavy (non-hydrogen) atoms. The number of benzene rings is 1. The van der Waals surface area contributed by atoms with Crippen molar-refractivity contribution < 1.29 is 4.79 Å². The number of fused-ring (bicyclic) bond motifs is 1. The summed E-state index contributed by atoms with van der Waals surface area (Å²) in [5.41, 5.74) is 3.77. The second kappa shape index (κ2) is 9.21. The lowest BCUT2D eigenvalue weighted by Gasteiger charge is -2.12. The Labute approximate surface area is 178 Å². The Morgan fingerprint density at radius 1 is 1.13 bits per heavy atom. The number of pyridine rings is 1. The van der Waals surface area contributed by atoms with E-state index in [2.05, 4.69) is 30.6 Å². The summed E-state index contributed by atoms with van der Waals surface area (Å²) in [6, 6.07) is 11.8. The van der Waals surface area contributed by atoms with Crippen LogP contribution in [0.3, 0.4) is 0 Å². The Morgan fingerprint density at radius 3 is 2.81 bits per heavy atom. The van der Waals surface area contributed by atoms with Gasteiger partial charge in [0.1, 0.15) is 6.54 Å². The number of H-pyrrole nitrogens is 1. The van der Waals surface area contributed by atoms with Crippen molar-refractivity contribution >= 4 is 22.8 Å². The van der Waals surface area contributed by atoms with Crippen molar-refractivity contribution in [2.75, 3.05) is 11.9 Å². The molecule has 0 atom stereocenters. The number of nitrogens with zero attached hydrogens (tertiary/aromatic N) is 4. The lowest BCUT2D eigenvalue weighted by molar-refractivity contribution is -0.121. The molecule has 0 aliphatic heterocycles. The van der Waals surface area contributed by atoms with Crippen molar-refractivity contribution in [3.05, 3.63) is 82.4 Å². The quantitative estimate of drug-likeness (QED) is 0.402. The lowest BCUT2D eigenvalue weighted by atomic mass is 10.1. The zero-order valence-corrected chi connectivity index (χ0v) is 17.1. The first kappa shape index (κ1) is 20.3. The largest absolute Gasteiger partial charge is 0.365 e. The molecule has 158 valence electrons. The van der Waals surface area contributed by atoms with Crippen molar-refractivity contribution in [2.24, 2.45) is 0 Å². The summed E-state index contributed by atoms with van der Waals surface area (Å²) in [6.45, 7) is 2.49. The number of aromatic nitrogens is 5. The van der Waals surface area contributed by atoms with Gasteiger partial charge in [0, 0.05) is 18.4 Å². The van der Waals surface area contributed by atoms with Crippen LogP contribution in [0, 0.1) is 6.92 Å². The molecule has 0 bridgehead atoms. The van der Waals surface area contributed by atoms with Crippen LogP contribution in [0.2, 0.25) is 0 Å². The number of rotatable bonds is 8. The van der Waals surface area contributed by atoms with Gasteiger partial charge >= 0.3 is 0 Å². The maximum Gasteiger partial charge on any atom is 0.293 e. The van der Waals surface area contributed by atoms with Gasteiger partial charge in [0.05, 0.1) is 35.8 Å². The highest BCUT2D eigenvalue weighted by Gasteiger charge is 2.12. The van der Waals surface area contributed by atoms with Crippen LogP contribution in [-0.4, -0.2) is 37.0 Å². The molecule has 1 amide bonds. The highest BCUT2D eigenvalue weighted by molar-refractivity contribution is 5.76. The van der Waals surface area contributed by atoms with Crippen molar-refractivity contribution in [3.63, 3.8) is 0 Å². The zero-order valence-electron chi connectivity index (χ0n) is 17.1. The summed E-state index contributed by atoms with van der Waals surface area (Å²) in [4.78, 5) is 40.9. The molecule has 9 heteroatoms. The molecule has 1 aromatic carbocycles. The first-order valence-electron chi connectivity index (χ1n) is 9.99. The molecule has 0 fully saturated rings. The molecule has 0 saturated heterocycles. The number of aryl methyl sites for hydroxylation is 1. The third-order valence-electron chi connectivity index (χ3n) is 4.93. The average molecular weight is 417 g/mol. The normalized spacial score (nSPS) is 10.9. The first-order valence-corrected chi connectivity index (χ1v) is 9.99. The number of carbonyl (C=O) groups excluding carboxylic acids is 1. The maximum absolute atomic E-state index is 12.8. The van der Waals surface area contributed by atoms with E-state index in [1.807, 2.05) is 36.4 Å². The number of amides is 1. The molecule has 3 heterocycles. The van der Waals surface area contributed by atoms with E-state index >= 15 is 0 Å². The number of imidazole rings is 1. The average Bonchev–Trinajstić information content (AvgIpc) is 3.25. The monoisotopic (exact) mass is 417 g/mol. The highest BCUT2D eigenvalue weighted by atomic mass is 16.2. The van der Waals surface area contributed by atoms with E-state index in [4.69, 9.17) is 0 Å². The molecule has 0 radical (unpaired) electrons. The van der Waals surface area contributed by atoms with Crippen LogP contribution in [0.15, 0.2) is 59.9 Å². The van der Waals surface area contributed by atoms with E-state index in [0.29, 0.717) is 17.9 Å². The minimum atomic E-state index is -0.320. The van der Waals surface area contributed by atoms with Crippen LogP contribution in [0.25, 0.3) is 11.0 Å². The standard InChI is InChI=1S/C22H23N7O2/c1-15-10-26-21(23-8-7-16-5-3-2-4-6-16)22(31)29(15)13-20(30)25-11-17-9-18-19(12-24-17)28-14-27-18/h2-6,9-10,12,14H,7-8,11,13H2,1H3,(H,23,26)(H,25,30)(H,27,28). The van der Waals surface area contributed by atoms with Crippen molar-refractivity contribution in [1.29, 1.82) is 0 Å². The third kappa shape index (κ3) is 4.95. The number of hydrogen-bond donors (Lipinski definition) is 3. The topological polar surface area (TPSA) is 118 Å². The Bertz CT molecular complexity index is 1250. The summed E-state index contributed by atoms with van der Waals surface area (Å²) < 4.78 is 1.41. The van der Waals surface area contributed by atoms with Gasteiger partial charge in [0.2, 0.25) is 5.91 Å². The van der Waals surface area contributed by atoms with Crippen LogP contribution in [0.5, 0.6) is 0 Å². The highest BCUT2D eigenvalue weighted by Crippen LogP contribution is 2.08. The summed E-state index contributed by atoms with van der Waals surface area (Å²) >= 11 is 0. The van der Waals surface area contributed by atoms with Crippen molar-refractivity contribution in [2.45, 2.75) is 26.4 Å². The van der Waals surface area contributed by atoms with E-state index in [1.165, 1.54) is 10.1 Å². The minimum Gasteiger partial charge on any atom is -0.365 e. The van der Waals surface area contributed by atoms with Crippen LogP contribution in [0.4, 0.5) is 5.82 Å². The Balaban J connectivity index is 1.37. The molecule has 4 aromatic rings. The molecule has 0 saturated carbocycles. The predicted molar refractivity (Wildman–Crippen MR) is 118 cm³/mol. The van der Waals surface area contributed by atoms with Crippen LogP contribution >= 0.6 is 0 Å². The SMILES string of the molecule is Cc1cnc(NCCc2ccccc2)c(=O)n1CC(=O)NCc1cc2nc[nH]c2cn1. The second-order valence-corrected chi connectivity index (χ2v) is 7.17. The van der Waals surface area contributed by atoms with E-state index in [0.717, 1.165) is 17.5 Å². The smallest absolute Gasteiger partial charge is 0.293 e. The zero-order chi connectivity index (χ0) is 21.6. The molecule has 0 unspecified atom stereocenters. The summed E-state index contributed by atoms with van der Waals surface area (Å²) in [7, 11) is 0. The maximum atomic E-state index is 12.8. The van der Waals surface area contributed by atoms with E-state index < -0.39 is 0 Å². The van der Waals surface area contributed by atoms with E-state index in [9.17, 15) is 9.59 Å². The fourth-order valence-corrected chi connectivity index (χ4v) is 3.22. The predicted octanol–water partition coefficient (Wildman–Crippen LogP) is 1.79. The summed E-state index contributed by atoms with van der Waals surface area (Å²) in [5.74, 6) is -0.0458. The number of carbonyl (C=O) groups is 1. The molecule has 0 aliphatic carbocycles. The van der Waals surface area contributed by atoms with Gasteiger partial charge in [-0.05, 0) is 25.0 Å². The second-order valence-electron chi connectivity index (χ2n) is 7.17. The molecule has 3 N–H and O–H groups in total. The lowest BCUT2D eigenvalue weighted by Crippen LogP contribution is -2.34. The Morgan fingerprint density at radius 2 is 1.97 bits per heavy atom. The molecule has 4 rings (SSSR count). The van der Waals surface area contributed by atoms with Crippen LogP contribution < -0.4 is 16.2 Å². The number of hydrogen-bond acceptors (Lipinski definition) is 6. The van der Waals surface area contributed by atoms with Gasteiger partial charge in [0.15, 0.2) is 5.82 Å². The molecular formula is C22H23N7O2. The van der Waals surface area contributed by atoms with Gasteiger partial charge in [-0.15, -0.1) is 0 Å². The molecular weight excluding hydrogens is 394 g/mol. The van der Waals surface area contributed by atoms with Crippen LogP contribution in [0.1, 0.15) is 17.0 Å². The van der Waals surface area contributed by atoms with E-state index in [1.54, 1.807) is 25.6 Å². The molecule has 9 nitrogen and oxygen atoms in total. The molecule has 0 spiro atoms. The minimum absolute atomic E-state index is 0.0921. The van der Waals surface area contributed by atoms with Gasteiger partial charge in [-0.2, -0.15) is 0 Å². The van der Waals surface area contributed by atoms with Gasteiger partial charge in [-0.1, -0.05) is 30.3 Å². The number of nitrogens with one attached hydrogen (secondary N) is 3. The molecule has 3 aromatic heterocycles. The first-order chi connectivity index (χ1) is 15.1. The fourth-order valence-electron chi connectivity index (χ4n) is 3.22. The van der Waals surface area contributed by atoms with Gasteiger partial charge in [0.25, 0.3) is 5.56 Å². The number of aromatic amines is 1. The summed E-state index contributed by atoms with van der Waals surface area (Å²) in [6.07, 6.45) is 5.63. The van der Waals surface area contributed by atoms with Gasteiger partial charge in [-0.3, -0.25) is 19.1 Å². The Hall–Kier alpha value is -4.01. The summed E-state index contributed by atoms with van der Waals surface area (Å²) in [5, 5.41) is 5.88. The fraction of sp³-hybridized carbons (Fsp3) is 0.227. The Kier molecular flexibility index (Phi) is 6.02.